The van der Waals surface area contributed by atoms with E-state index in [1.54, 1.807) is 0 Å². The van der Waals surface area contributed by atoms with Crippen LogP contribution >= 0.6 is 23.5 Å². The summed E-state index contributed by atoms with van der Waals surface area (Å²) in [6, 6.07) is 0. The summed E-state index contributed by atoms with van der Waals surface area (Å²) in [5.41, 5.74) is 0. The Morgan fingerprint density at radius 2 is 1.11 bits per heavy atom. The van der Waals surface area contributed by atoms with Crippen LogP contribution in [-0.2, 0) is 9.53 Å². The molecule has 4 heteroatoms. The number of carbonyl (C=O) groups is 1. The topological polar surface area (TPSA) is 26.3 Å². The van der Waals surface area contributed by atoms with Gasteiger partial charge >= 0.3 is 5.97 Å². The van der Waals surface area contributed by atoms with Crippen molar-refractivity contribution in [3.8, 4) is 0 Å². The van der Waals surface area contributed by atoms with Gasteiger partial charge in [0, 0.05) is 16.9 Å². The van der Waals surface area contributed by atoms with Gasteiger partial charge in [-0.15, -0.1) is 0 Å². The van der Waals surface area contributed by atoms with Crippen molar-refractivity contribution < 1.29 is 9.53 Å². The summed E-state index contributed by atoms with van der Waals surface area (Å²) in [5.74, 6) is -0.0672. The monoisotopic (exact) mass is 418 g/mol. The predicted octanol–water partition coefficient (Wildman–Crippen LogP) is 7.88. The molecule has 0 saturated heterocycles. The maximum Gasteiger partial charge on any atom is 0.305 e. The summed E-state index contributed by atoms with van der Waals surface area (Å²) in [4.78, 5) is 11.1. The summed E-state index contributed by atoms with van der Waals surface area (Å²) < 4.78 is 4.68. The molecule has 2 atom stereocenters. The average Bonchev–Trinajstić information content (AvgIpc) is 2.69. The molecule has 0 bridgehead atoms. The summed E-state index contributed by atoms with van der Waals surface area (Å²) in [5, 5.41) is 1.67. The Balaban J connectivity index is 3.68. The minimum atomic E-state index is -0.0672. The van der Waals surface area contributed by atoms with E-state index in [1.807, 2.05) is 0 Å². The van der Waals surface area contributed by atoms with Gasteiger partial charge in [0.1, 0.15) is 0 Å². The molecular weight excluding hydrogens is 372 g/mol. The van der Waals surface area contributed by atoms with Crippen LogP contribution in [-0.4, -0.2) is 36.1 Å². The second-order valence-electron chi connectivity index (χ2n) is 7.69. The van der Waals surface area contributed by atoms with Gasteiger partial charge in [-0.1, -0.05) is 84.0 Å². The molecule has 0 rings (SSSR count). The molecule has 2 unspecified atom stereocenters. The lowest BCUT2D eigenvalue weighted by Gasteiger charge is -2.24. The molecule has 0 radical (unpaired) electrons. The molecule has 27 heavy (non-hydrogen) atoms. The van der Waals surface area contributed by atoms with E-state index >= 15 is 0 Å². The van der Waals surface area contributed by atoms with Crippen molar-refractivity contribution in [3.05, 3.63) is 0 Å². The minimum Gasteiger partial charge on any atom is -0.469 e. The fourth-order valence-corrected chi connectivity index (χ4v) is 5.99. The van der Waals surface area contributed by atoms with E-state index in [0.717, 1.165) is 23.3 Å². The maximum absolute atomic E-state index is 11.1. The molecule has 0 amide bonds. The summed E-state index contributed by atoms with van der Waals surface area (Å²) in [6.07, 6.45) is 25.2. The van der Waals surface area contributed by atoms with E-state index in [1.165, 1.54) is 90.6 Å². The SMILES string of the molecule is CCCCCCCCC(SC)C(CCCCCCCCCC(=O)OC)SC. The van der Waals surface area contributed by atoms with Gasteiger partial charge in [-0.05, 0) is 31.8 Å². The largest absolute Gasteiger partial charge is 0.469 e. The number of rotatable bonds is 20. The summed E-state index contributed by atoms with van der Waals surface area (Å²) >= 11 is 4.18. The number of hydrogen-bond donors (Lipinski definition) is 0. The third kappa shape index (κ3) is 16.8. The van der Waals surface area contributed by atoms with Crippen molar-refractivity contribution in [2.45, 2.75) is 120 Å². The van der Waals surface area contributed by atoms with Crippen LogP contribution in [0.1, 0.15) is 110 Å². The number of unbranched alkanes of at least 4 members (excludes halogenated alkanes) is 11. The molecule has 0 aliphatic carbocycles. The highest BCUT2D eigenvalue weighted by Crippen LogP contribution is 2.30. The van der Waals surface area contributed by atoms with Crippen molar-refractivity contribution in [2.24, 2.45) is 0 Å². The first-order valence-corrected chi connectivity index (χ1v) is 13.9. The molecule has 162 valence electrons. The highest BCUT2D eigenvalue weighted by molar-refractivity contribution is 8.03. The number of ether oxygens (including phenoxy) is 1. The molecule has 0 aromatic heterocycles. The van der Waals surface area contributed by atoms with Gasteiger partial charge in [0.15, 0.2) is 0 Å². The first kappa shape index (κ1) is 27.2. The Labute approximate surface area is 178 Å². The van der Waals surface area contributed by atoms with Crippen LogP contribution in [0.2, 0.25) is 0 Å². The highest BCUT2D eigenvalue weighted by Gasteiger charge is 2.18. The number of esters is 1. The number of hydrogen-bond acceptors (Lipinski definition) is 4. The first-order valence-electron chi connectivity index (χ1n) is 11.3. The van der Waals surface area contributed by atoms with E-state index in [2.05, 4.69) is 47.7 Å². The van der Waals surface area contributed by atoms with Gasteiger partial charge < -0.3 is 4.74 Å². The molecule has 0 N–H and O–H groups in total. The van der Waals surface area contributed by atoms with Gasteiger partial charge in [-0.25, -0.2) is 0 Å². The fraction of sp³-hybridized carbons (Fsp3) is 0.957. The summed E-state index contributed by atoms with van der Waals surface area (Å²) in [7, 11) is 1.47. The van der Waals surface area contributed by atoms with E-state index in [-0.39, 0.29) is 5.97 Å². The quantitative estimate of drug-likeness (QED) is 0.148. The molecule has 0 spiro atoms. The van der Waals surface area contributed by atoms with Crippen LogP contribution in [0.3, 0.4) is 0 Å². The maximum atomic E-state index is 11.1. The Hall–Kier alpha value is 0.170. The van der Waals surface area contributed by atoms with Crippen LogP contribution in [0.5, 0.6) is 0 Å². The second kappa shape index (κ2) is 20.9. The molecule has 0 fully saturated rings. The molecule has 0 aromatic rings. The smallest absolute Gasteiger partial charge is 0.305 e. The van der Waals surface area contributed by atoms with Gasteiger partial charge in [-0.3, -0.25) is 4.79 Å². The molecule has 0 aliphatic heterocycles. The number of carbonyl (C=O) groups excluding carboxylic acids is 1. The lowest BCUT2D eigenvalue weighted by atomic mass is 10.0. The molecule has 0 heterocycles. The van der Waals surface area contributed by atoms with Crippen LogP contribution in [0.4, 0.5) is 0 Å². The second-order valence-corrected chi connectivity index (χ2v) is 9.85. The minimum absolute atomic E-state index is 0.0672. The average molecular weight is 419 g/mol. The molecule has 0 aliphatic rings. The van der Waals surface area contributed by atoms with E-state index in [0.29, 0.717) is 6.42 Å². The lowest BCUT2D eigenvalue weighted by molar-refractivity contribution is -0.140. The molecular formula is C23H46O2S2. The van der Waals surface area contributed by atoms with Crippen LogP contribution in [0.15, 0.2) is 0 Å². The van der Waals surface area contributed by atoms with Crippen LogP contribution in [0, 0.1) is 0 Å². The van der Waals surface area contributed by atoms with Gasteiger partial charge in [0.25, 0.3) is 0 Å². The van der Waals surface area contributed by atoms with Crippen molar-refractivity contribution in [1.82, 2.24) is 0 Å². The Bertz CT molecular complexity index is 324. The zero-order chi connectivity index (χ0) is 20.2. The van der Waals surface area contributed by atoms with E-state index in [4.69, 9.17) is 0 Å². The third-order valence-electron chi connectivity index (χ3n) is 5.46. The number of methoxy groups -OCH3 is 1. The molecule has 0 saturated carbocycles. The lowest BCUT2D eigenvalue weighted by Crippen LogP contribution is -2.19. The van der Waals surface area contributed by atoms with Crippen molar-refractivity contribution in [2.75, 3.05) is 19.6 Å². The van der Waals surface area contributed by atoms with Gasteiger partial charge in [0.05, 0.1) is 7.11 Å². The van der Waals surface area contributed by atoms with Crippen LogP contribution in [0.25, 0.3) is 0 Å². The normalized spacial score (nSPS) is 13.5. The third-order valence-corrected chi connectivity index (χ3v) is 7.97. The summed E-state index contributed by atoms with van der Waals surface area (Å²) in [6.45, 7) is 2.29. The highest BCUT2D eigenvalue weighted by atomic mass is 32.2. The molecule has 0 aromatic carbocycles. The van der Waals surface area contributed by atoms with Gasteiger partial charge in [0.2, 0.25) is 0 Å². The van der Waals surface area contributed by atoms with E-state index < -0.39 is 0 Å². The zero-order valence-corrected chi connectivity index (χ0v) is 20.2. The van der Waals surface area contributed by atoms with E-state index in [9.17, 15) is 4.79 Å². The predicted molar refractivity (Wildman–Crippen MR) is 126 cm³/mol. The number of thioether (sulfide) groups is 2. The molecule has 2 nitrogen and oxygen atoms in total. The zero-order valence-electron chi connectivity index (χ0n) is 18.6. The Morgan fingerprint density at radius 3 is 1.52 bits per heavy atom. The van der Waals surface area contributed by atoms with Gasteiger partial charge in [-0.2, -0.15) is 23.5 Å². The van der Waals surface area contributed by atoms with Crippen LogP contribution < -0.4 is 0 Å². The van der Waals surface area contributed by atoms with Crippen molar-refractivity contribution in [3.63, 3.8) is 0 Å². The first-order chi connectivity index (χ1) is 13.2. The fourth-order valence-electron chi connectivity index (χ4n) is 3.64. The Morgan fingerprint density at radius 1 is 0.704 bits per heavy atom. The standard InChI is InChI=1S/C23H46O2S2/c1-5-6-7-8-12-15-18-21(26-3)22(27-4)19-16-13-10-9-11-14-17-20-23(24)25-2/h21-22H,5-20H2,1-4H3. The van der Waals surface area contributed by atoms with Crippen molar-refractivity contribution in [1.29, 1.82) is 0 Å². The Kier molecular flexibility index (Phi) is 21.0. The van der Waals surface area contributed by atoms with Crippen molar-refractivity contribution >= 4 is 29.5 Å².